The van der Waals surface area contributed by atoms with Crippen molar-refractivity contribution in [1.82, 2.24) is 0 Å². The molecule has 0 saturated carbocycles. The molecule has 4 rings (SSSR count). The summed E-state index contributed by atoms with van der Waals surface area (Å²) in [5.74, 6) is 1.65. The molecule has 0 heterocycles. The van der Waals surface area contributed by atoms with Crippen LogP contribution in [0, 0.1) is 13.8 Å². The predicted molar refractivity (Wildman–Crippen MR) is 161 cm³/mol. The van der Waals surface area contributed by atoms with Gasteiger partial charge < -0.3 is 27.6 Å². The molecule has 3 N–H and O–H groups in total. The highest BCUT2D eigenvalue weighted by Gasteiger charge is 2.16. The molecular weight excluding hydrogens is 569 g/mol. The Labute approximate surface area is 252 Å². The van der Waals surface area contributed by atoms with Gasteiger partial charge in [-0.15, -0.1) is 11.8 Å². The van der Waals surface area contributed by atoms with Crippen LogP contribution in [-0.2, 0) is 6.42 Å². The molecule has 0 aliphatic heterocycles. The molecule has 0 amide bonds. The fraction of sp³-hybridized carbons (Fsp3) is 0.250. The average molecular weight is 603 g/mol. The third kappa shape index (κ3) is 8.09. The zero-order valence-corrected chi connectivity index (χ0v) is 25.6. The summed E-state index contributed by atoms with van der Waals surface area (Å²) in [5, 5.41) is 1.02. The molecule has 0 spiro atoms. The summed E-state index contributed by atoms with van der Waals surface area (Å²) < 4.78 is 11.6. The topological polar surface area (TPSA) is 46.1 Å². The molecule has 0 aliphatic carbocycles. The van der Waals surface area contributed by atoms with Crippen molar-refractivity contribution in [2.45, 2.75) is 31.1 Å². The van der Waals surface area contributed by atoms with Crippen LogP contribution in [0.1, 0.15) is 28.2 Å². The van der Waals surface area contributed by atoms with E-state index in [0.717, 1.165) is 24.3 Å². The van der Waals surface area contributed by atoms with Crippen LogP contribution in [0.4, 0.5) is 0 Å². The van der Waals surface area contributed by atoms with Gasteiger partial charge in [-0.05, 0) is 90.2 Å². The first-order valence-corrected chi connectivity index (χ1v) is 14.7. The van der Waals surface area contributed by atoms with Gasteiger partial charge in [0.25, 0.3) is 0 Å². The van der Waals surface area contributed by atoms with Crippen molar-refractivity contribution in [2.24, 2.45) is 0 Å². The average Bonchev–Trinajstić information content (AvgIpc) is 2.91. The molecule has 0 fully saturated rings. The molecule has 0 aliphatic rings. The summed E-state index contributed by atoms with van der Waals surface area (Å²) >= 11 is 14.3. The van der Waals surface area contributed by atoms with Crippen molar-refractivity contribution < 1.29 is 27.6 Å². The van der Waals surface area contributed by atoms with E-state index in [9.17, 15) is 0 Å². The molecule has 0 saturated heterocycles. The van der Waals surface area contributed by atoms with E-state index in [-0.39, 0.29) is 12.4 Å². The molecule has 0 radical (unpaired) electrons. The third-order valence-electron chi connectivity index (χ3n) is 6.62. The first kappa shape index (κ1) is 31.2. The standard InChI is InChI=1S/C32H33Cl2NO2S.ClH/c1-21-16-29(33)32(30(34)17-21)37-15-14-36-26-11-8-23(9-12-26)19-25(20-35)27-13-10-24(18-22(27)2)28-6-4-5-7-31(28)38-3;/h4-13,16-18,25H,14-15,19-20,35H2,1-3H3;1H. The van der Waals surface area contributed by atoms with Crippen molar-refractivity contribution in [3.05, 3.63) is 111 Å². The van der Waals surface area contributed by atoms with Gasteiger partial charge in [-0.1, -0.05) is 71.7 Å². The molecule has 3 nitrogen and oxygen atoms in total. The van der Waals surface area contributed by atoms with Gasteiger partial charge in [0.15, 0.2) is 5.75 Å². The van der Waals surface area contributed by atoms with Crippen molar-refractivity contribution in [3.63, 3.8) is 0 Å². The highest BCUT2D eigenvalue weighted by atomic mass is 35.5. The van der Waals surface area contributed by atoms with Gasteiger partial charge in [0.05, 0.1) is 16.6 Å². The van der Waals surface area contributed by atoms with Crippen molar-refractivity contribution in [1.29, 1.82) is 0 Å². The zero-order chi connectivity index (χ0) is 27.1. The number of thioether (sulfide) groups is 1. The minimum Gasteiger partial charge on any atom is -1.00 e. The molecule has 206 valence electrons. The lowest BCUT2D eigenvalue weighted by molar-refractivity contribution is -0.372. The maximum atomic E-state index is 6.25. The summed E-state index contributed by atoms with van der Waals surface area (Å²) in [6.07, 6.45) is 3.05. The Balaban J connectivity index is 0.00000420. The Morgan fingerprint density at radius 3 is 2.15 bits per heavy atom. The molecule has 0 bridgehead atoms. The van der Waals surface area contributed by atoms with Gasteiger partial charge in [0, 0.05) is 10.8 Å². The molecule has 4 aromatic rings. The van der Waals surface area contributed by atoms with Crippen LogP contribution in [0.3, 0.4) is 0 Å². The van der Waals surface area contributed by atoms with E-state index in [1.807, 2.05) is 31.2 Å². The molecule has 39 heavy (non-hydrogen) atoms. The van der Waals surface area contributed by atoms with Gasteiger partial charge >= 0.3 is 0 Å². The minimum atomic E-state index is 0. The monoisotopic (exact) mass is 601 g/mol. The second-order valence-electron chi connectivity index (χ2n) is 9.36. The van der Waals surface area contributed by atoms with Crippen LogP contribution in [0.15, 0.2) is 83.8 Å². The number of quaternary nitrogens is 1. The Morgan fingerprint density at radius 2 is 1.51 bits per heavy atom. The van der Waals surface area contributed by atoms with Gasteiger partial charge in [-0.2, -0.15) is 0 Å². The Kier molecular flexibility index (Phi) is 11.9. The largest absolute Gasteiger partial charge is 1.00 e. The molecule has 0 aromatic heterocycles. The zero-order valence-electron chi connectivity index (χ0n) is 22.5. The minimum absolute atomic E-state index is 0. The number of hydrogen-bond acceptors (Lipinski definition) is 3. The summed E-state index contributed by atoms with van der Waals surface area (Å²) in [6, 6.07) is 27.4. The van der Waals surface area contributed by atoms with Gasteiger partial charge in [-0.25, -0.2) is 0 Å². The van der Waals surface area contributed by atoms with E-state index in [2.05, 4.69) is 73.5 Å². The summed E-state index contributed by atoms with van der Waals surface area (Å²) in [4.78, 5) is 1.30. The van der Waals surface area contributed by atoms with E-state index in [1.165, 1.54) is 32.7 Å². The first-order chi connectivity index (χ1) is 18.4. The number of ether oxygens (including phenoxy) is 2. The van der Waals surface area contributed by atoms with E-state index in [4.69, 9.17) is 32.7 Å². The number of aryl methyl sites for hydroxylation is 2. The fourth-order valence-electron chi connectivity index (χ4n) is 4.69. The highest BCUT2D eigenvalue weighted by molar-refractivity contribution is 7.98. The van der Waals surface area contributed by atoms with Crippen molar-refractivity contribution in [2.75, 3.05) is 26.0 Å². The van der Waals surface area contributed by atoms with Crippen LogP contribution in [-0.4, -0.2) is 26.0 Å². The summed E-state index contributed by atoms with van der Waals surface area (Å²) in [6.45, 7) is 5.73. The predicted octanol–water partition coefficient (Wildman–Crippen LogP) is 5.03. The lowest BCUT2D eigenvalue weighted by Gasteiger charge is -2.18. The smallest absolute Gasteiger partial charge is 0.156 e. The van der Waals surface area contributed by atoms with E-state index < -0.39 is 0 Å². The SMILES string of the molecule is CSc1ccccc1-c1ccc(C(C[NH3+])Cc2ccc(OCCOc3c(Cl)cc(C)cc3Cl)cc2)c(C)c1.[Cl-]. The molecule has 4 aromatic carbocycles. The molecule has 1 atom stereocenters. The van der Waals surface area contributed by atoms with Crippen LogP contribution in [0.5, 0.6) is 11.5 Å². The quantitative estimate of drug-likeness (QED) is 0.194. The first-order valence-electron chi connectivity index (χ1n) is 12.7. The van der Waals surface area contributed by atoms with E-state index in [1.54, 1.807) is 11.8 Å². The second-order valence-corrected chi connectivity index (χ2v) is 11.0. The van der Waals surface area contributed by atoms with Gasteiger partial charge in [0.1, 0.15) is 19.0 Å². The number of rotatable bonds is 11. The molecule has 7 heteroatoms. The lowest BCUT2D eigenvalue weighted by atomic mass is 9.87. The number of benzene rings is 4. The van der Waals surface area contributed by atoms with Crippen molar-refractivity contribution >= 4 is 35.0 Å². The van der Waals surface area contributed by atoms with Crippen molar-refractivity contribution in [3.8, 4) is 22.6 Å². The second kappa shape index (κ2) is 14.9. The van der Waals surface area contributed by atoms with Crippen LogP contribution < -0.4 is 27.6 Å². The van der Waals surface area contributed by atoms with Crippen LogP contribution in [0.2, 0.25) is 10.0 Å². The maximum absolute atomic E-state index is 6.25. The highest BCUT2D eigenvalue weighted by Crippen LogP contribution is 2.35. The lowest BCUT2D eigenvalue weighted by Crippen LogP contribution is -3.00. The fourth-order valence-corrected chi connectivity index (χ4v) is 6.01. The van der Waals surface area contributed by atoms with Gasteiger partial charge in [0.2, 0.25) is 0 Å². The third-order valence-corrected chi connectivity index (χ3v) is 7.98. The maximum Gasteiger partial charge on any atom is 0.156 e. The Bertz CT molecular complexity index is 1360. The summed E-state index contributed by atoms with van der Waals surface area (Å²) in [5.41, 5.74) is 11.7. The molecular formula is C32H34Cl3NO2S. The summed E-state index contributed by atoms with van der Waals surface area (Å²) in [7, 11) is 0. The Hall–Kier alpha value is -2.34. The van der Waals surface area contributed by atoms with Crippen LogP contribution in [0.25, 0.3) is 11.1 Å². The normalized spacial score (nSPS) is 11.5. The number of hydrogen-bond donors (Lipinski definition) is 1. The van der Waals surface area contributed by atoms with E-state index in [0.29, 0.717) is 34.9 Å². The van der Waals surface area contributed by atoms with E-state index >= 15 is 0 Å². The van der Waals surface area contributed by atoms with Crippen LogP contribution >= 0.6 is 35.0 Å². The van der Waals surface area contributed by atoms with Gasteiger partial charge in [-0.3, -0.25) is 0 Å². The number of halogens is 3. The Morgan fingerprint density at radius 1 is 0.846 bits per heavy atom. The molecule has 1 unspecified atom stereocenters.